The van der Waals surface area contributed by atoms with Gasteiger partial charge >= 0.3 is 0 Å². The number of sulfonamides is 1. The fraction of sp³-hybridized carbons (Fsp3) is 0.417. The van der Waals surface area contributed by atoms with Gasteiger partial charge in [0.15, 0.2) is 0 Å². The highest BCUT2D eigenvalue weighted by molar-refractivity contribution is 7.88. The standard InChI is InChI=1S/C12H16N4O2S/c1-19(17,18)16-7-5-15(6-8-16)11-4-2-3-10(9-13)12(11)14/h2-4H,5-8,14H2,1H3. The number of hydrogen-bond acceptors (Lipinski definition) is 5. The Labute approximate surface area is 113 Å². The van der Waals surface area contributed by atoms with E-state index < -0.39 is 10.0 Å². The van der Waals surface area contributed by atoms with Crippen LogP contribution in [-0.4, -0.2) is 45.2 Å². The number of nitrogens with zero attached hydrogens (tertiary/aromatic N) is 3. The molecule has 0 bridgehead atoms. The van der Waals surface area contributed by atoms with Crippen molar-refractivity contribution in [1.29, 1.82) is 5.26 Å². The van der Waals surface area contributed by atoms with Gasteiger partial charge < -0.3 is 10.6 Å². The number of benzene rings is 1. The zero-order valence-corrected chi connectivity index (χ0v) is 11.5. The normalized spacial score (nSPS) is 17.2. The van der Waals surface area contributed by atoms with Gasteiger partial charge in [-0.25, -0.2) is 8.42 Å². The van der Waals surface area contributed by atoms with Crippen molar-refractivity contribution < 1.29 is 8.42 Å². The molecule has 0 unspecified atom stereocenters. The molecule has 1 fully saturated rings. The van der Waals surface area contributed by atoms with Crippen LogP contribution in [0.25, 0.3) is 0 Å². The lowest BCUT2D eigenvalue weighted by Gasteiger charge is -2.35. The summed E-state index contributed by atoms with van der Waals surface area (Å²) in [6.07, 6.45) is 1.22. The van der Waals surface area contributed by atoms with E-state index in [0.717, 1.165) is 5.69 Å². The summed E-state index contributed by atoms with van der Waals surface area (Å²) in [6.45, 7) is 2.03. The lowest BCUT2D eigenvalue weighted by molar-refractivity contribution is 0.388. The van der Waals surface area contributed by atoms with Crippen LogP contribution in [0, 0.1) is 11.3 Å². The topological polar surface area (TPSA) is 90.4 Å². The molecule has 0 saturated carbocycles. The third-order valence-corrected chi connectivity index (χ3v) is 4.56. The van der Waals surface area contributed by atoms with Crippen molar-refractivity contribution in [2.24, 2.45) is 0 Å². The quantitative estimate of drug-likeness (QED) is 0.783. The third-order valence-electron chi connectivity index (χ3n) is 3.25. The number of para-hydroxylation sites is 1. The Morgan fingerprint density at radius 2 is 1.89 bits per heavy atom. The maximum atomic E-state index is 11.4. The van der Waals surface area contributed by atoms with E-state index in [1.165, 1.54) is 10.6 Å². The average molecular weight is 280 g/mol. The molecule has 1 aliphatic rings. The summed E-state index contributed by atoms with van der Waals surface area (Å²) < 4.78 is 24.3. The molecule has 1 aliphatic heterocycles. The van der Waals surface area contributed by atoms with Crippen molar-refractivity contribution in [3.8, 4) is 6.07 Å². The van der Waals surface area contributed by atoms with E-state index in [2.05, 4.69) is 0 Å². The minimum atomic E-state index is -3.13. The third kappa shape index (κ3) is 2.80. The van der Waals surface area contributed by atoms with E-state index in [0.29, 0.717) is 37.4 Å². The predicted molar refractivity (Wildman–Crippen MR) is 74.2 cm³/mol. The fourth-order valence-corrected chi connectivity index (χ4v) is 3.01. The zero-order valence-electron chi connectivity index (χ0n) is 10.7. The van der Waals surface area contributed by atoms with Crippen molar-refractivity contribution in [3.05, 3.63) is 23.8 Å². The highest BCUT2D eigenvalue weighted by Gasteiger charge is 2.24. The summed E-state index contributed by atoms with van der Waals surface area (Å²) in [6, 6.07) is 7.36. The first-order valence-electron chi connectivity index (χ1n) is 5.92. The maximum Gasteiger partial charge on any atom is 0.211 e. The second kappa shape index (κ2) is 5.07. The van der Waals surface area contributed by atoms with Gasteiger partial charge in [-0.2, -0.15) is 9.57 Å². The van der Waals surface area contributed by atoms with Gasteiger partial charge in [-0.1, -0.05) is 6.07 Å². The highest BCUT2D eigenvalue weighted by Crippen LogP contribution is 2.27. The largest absolute Gasteiger partial charge is 0.396 e. The van der Waals surface area contributed by atoms with E-state index >= 15 is 0 Å². The molecule has 1 saturated heterocycles. The van der Waals surface area contributed by atoms with Gasteiger partial charge in [-0.3, -0.25) is 0 Å². The SMILES string of the molecule is CS(=O)(=O)N1CCN(c2cccc(C#N)c2N)CC1. The van der Waals surface area contributed by atoms with Gasteiger partial charge in [-0.15, -0.1) is 0 Å². The van der Waals surface area contributed by atoms with Gasteiger partial charge in [0.25, 0.3) is 0 Å². The van der Waals surface area contributed by atoms with Crippen molar-refractivity contribution in [2.75, 3.05) is 43.1 Å². The Balaban J connectivity index is 2.17. The summed E-state index contributed by atoms with van der Waals surface area (Å²) in [5, 5.41) is 8.95. The number of anilines is 2. The maximum absolute atomic E-state index is 11.4. The van der Waals surface area contributed by atoms with Crippen molar-refractivity contribution in [2.45, 2.75) is 0 Å². The summed E-state index contributed by atoms with van der Waals surface area (Å²) in [7, 11) is -3.13. The van der Waals surface area contributed by atoms with Crippen LogP contribution >= 0.6 is 0 Å². The Morgan fingerprint density at radius 3 is 2.42 bits per heavy atom. The first-order valence-corrected chi connectivity index (χ1v) is 7.77. The summed E-state index contributed by atoms with van der Waals surface area (Å²) in [4.78, 5) is 2.01. The first-order chi connectivity index (χ1) is 8.93. The van der Waals surface area contributed by atoms with Crippen LogP contribution in [0.15, 0.2) is 18.2 Å². The monoisotopic (exact) mass is 280 g/mol. The molecular weight excluding hydrogens is 264 g/mol. The van der Waals surface area contributed by atoms with Crippen LogP contribution in [0.2, 0.25) is 0 Å². The van der Waals surface area contributed by atoms with Gasteiger partial charge in [0.1, 0.15) is 6.07 Å². The Morgan fingerprint density at radius 1 is 1.26 bits per heavy atom. The molecule has 7 heteroatoms. The lowest BCUT2D eigenvalue weighted by atomic mass is 10.1. The van der Waals surface area contributed by atoms with Gasteiger partial charge in [0, 0.05) is 26.2 Å². The molecule has 6 nitrogen and oxygen atoms in total. The molecule has 0 atom stereocenters. The van der Waals surface area contributed by atoms with Crippen LogP contribution < -0.4 is 10.6 Å². The smallest absolute Gasteiger partial charge is 0.211 e. The number of piperazine rings is 1. The minimum absolute atomic E-state index is 0.440. The molecule has 2 N–H and O–H groups in total. The van der Waals surface area contributed by atoms with Crippen LogP contribution in [-0.2, 0) is 10.0 Å². The molecule has 0 amide bonds. The van der Waals surface area contributed by atoms with Gasteiger partial charge in [0.05, 0.1) is 23.2 Å². The zero-order chi connectivity index (χ0) is 14.0. The summed E-state index contributed by atoms with van der Waals surface area (Å²) >= 11 is 0. The summed E-state index contributed by atoms with van der Waals surface area (Å²) in [5.41, 5.74) is 7.65. The fourth-order valence-electron chi connectivity index (χ4n) is 2.19. The molecule has 102 valence electrons. The van der Waals surface area contributed by atoms with Crippen LogP contribution in [0.1, 0.15) is 5.56 Å². The van der Waals surface area contributed by atoms with E-state index in [1.54, 1.807) is 12.1 Å². The Kier molecular flexibility index (Phi) is 3.64. The molecular formula is C12H16N4O2S. The van der Waals surface area contributed by atoms with E-state index in [9.17, 15) is 8.42 Å². The molecule has 0 spiro atoms. The van der Waals surface area contributed by atoms with Crippen LogP contribution in [0.4, 0.5) is 11.4 Å². The number of nitrogen functional groups attached to an aromatic ring is 1. The number of nitriles is 1. The second-order valence-electron chi connectivity index (χ2n) is 4.50. The molecule has 0 aromatic heterocycles. The number of rotatable bonds is 2. The lowest BCUT2D eigenvalue weighted by Crippen LogP contribution is -2.48. The van der Waals surface area contributed by atoms with E-state index in [4.69, 9.17) is 11.0 Å². The number of hydrogen-bond donors (Lipinski definition) is 1. The molecule has 1 aromatic rings. The average Bonchev–Trinajstić information content (AvgIpc) is 2.38. The molecule has 19 heavy (non-hydrogen) atoms. The molecule has 1 heterocycles. The van der Waals surface area contributed by atoms with Crippen molar-refractivity contribution in [3.63, 3.8) is 0 Å². The predicted octanol–water partition coefficient (Wildman–Crippen LogP) is 0.222. The highest BCUT2D eigenvalue weighted by atomic mass is 32.2. The second-order valence-corrected chi connectivity index (χ2v) is 6.48. The molecule has 0 aliphatic carbocycles. The Bertz CT molecular complexity index is 613. The Hall–Kier alpha value is -1.78. The van der Waals surface area contributed by atoms with E-state index in [-0.39, 0.29) is 0 Å². The molecule has 0 radical (unpaired) electrons. The molecule has 1 aromatic carbocycles. The number of nitrogens with two attached hydrogens (primary N) is 1. The van der Waals surface area contributed by atoms with E-state index in [1.807, 2.05) is 17.0 Å². The van der Waals surface area contributed by atoms with Gasteiger partial charge in [0.2, 0.25) is 10.0 Å². The van der Waals surface area contributed by atoms with Crippen LogP contribution in [0.5, 0.6) is 0 Å². The van der Waals surface area contributed by atoms with Crippen molar-refractivity contribution >= 4 is 21.4 Å². The van der Waals surface area contributed by atoms with Gasteiger partial charge in [-0.05, 0) is 12.1 Å². The van der Waals surface area contributed by atoms with Crippen LogP contribution in [0.3, 0.4) is 0 Å². The first kappa shape index (κ1) is 13.6. The minimum Gasteiger partial charge on any atom is -0.396 e. The van der Waals surface area contributed by atoms with Crippen molar-refractivity contribution in [1.82, 2.24) is 4.31 Å². The summed E-state index contributed by atoms with van der Waals surface area (Å²) in [5.74, 6) is 0. The molecule has 2 rings (SSSR count).